The van der Waals surface area contributed by atoms with Gasteiger partial charge in [-0.05, 0) is 44.4 Å². The van der Waals surface area contributed by atoms with Crippen LogP contribution in [0.5, 0.6) is 0 Å². The SMILES string of the molecule is CCNC(CCCOCC)Cc1ccccc1Cl. The van der Waals surface area contributed by atoms with Crippen molar-refractivity contribution in [2.75, 3.05) is 19.8 Å². The van der Waals surface area contributed by atoms with E-state index in [2.05, 4.69) is 18.3 Å². The van der Waals surface area contributed by atoms with Crippen molar-refractivity contribution in [2.24, 2.45) is 0 Å². The molecule has 1 atom stereocenters. The van der Waals surface area contributed by atoms with Crippen LogP contribution in [-0.2, 0) is 11.2 Å². The van der Waals surface area contributed by atoms with Gasteiger partial charge in [-0.2, -0.15) is 0 Å². The van der Waals surface area contributed by atoms with Crippen LogP contribution < -0.4 is 5.32 Å². The minimum absolute atomic E-state index is 0.482. The lowest BCUT2D eigenvalue weighted by atomic mass is 10.0. The van der Waals surface area contributed by atoms with E-state index in [4.69, 9.17) is 16.3 Å². The normalized spacial score (nSPS) is 12.6. The van der Waals surface area contributed by atoms with Crippen LogP contribution in [0, 0.1) is 0 Å². The summed E-state index contributed by atoms with van der Waals surface area (Å²) >= 11 is 6.20. The van der Waals surface area contributed by atoms with Gasteiger partial charge in [-0.1, -0.05) is 36.7 Å². The number of rotatable bonds is 9. The van der Waals surface area contributed by atoms with Crippen LogP contribution in [0.4, 0.5) is 0 Å². The van der Waals surface area contributed by atoms with Crippen molar-refractivity contribution in [3.8, 4) is 0 Å². The molecule has 0 fully saturated rings. The molecule has 0 spiro atoms. The van der Waals surface area contributed by atoms with Gasteiger partial charge in [-0.25, -0.2) is 0 Å². The van der Waals surface area contributed by atoms with Gasteiger partial charge in [0.05, 0.1) is 0 Å². The van der Waals surface area contributed by atoms with E-state index >= 15 is 0 Å². The summed E-state index contributed by atoms with van der Waals surface area (Å²) in [6, 6.07) is 8.57. The Morgan fingerprint density at radius 1 is 1.28 bits per heavy atom. The summed E-state index contributed by atoms with van der Waals surface area (Å²) in [5.74, 6) is 0. The fourth-order valence-electron chi connectivity index (χ4n) is 2.07. The second-order valence-electron chi connectivity index (χ2n) is 4.39. The first kappa shape index (κ1) is 15.5. The molecule has 0 heterocycles. The third-order valence-corrected chi connectivity index (χ3v) is 3.33. The molecule has 1 N–H and O–H groups in total. The zero-order valence-electron chi connectivity index (χ0n) is 11.4. The molecule has 0 amide bonds. The molecular weight excluding hydrogens is 246 g/mol. The highest BCUT2D eigenvalue weighted by molar-refractivity contribution is 6.31. The monoisotopic (exact) mass is 269 g/mol. The maximum atomic E-state index is 6.20. The maximum Gasteiger partial charge on any atom is 0.0466 e. The topological polar surface area (TPSA) is 21.3 Å². The van der Waals surface area contributed by atoms with Crippen molar-refractivity contribution in [2.45, 2.75) is 39.2 Å². The summed E-state index contributed by atoms with van der Waals surface area (Å²) in [6.07, 6.45) is 3.20. The smallest absolute Gasteiger partial charge is 0.0466 e. The lowest BCUT2D eigenvalue weighted by Crippen LogP contribution is -2.31. The molecule has 0 radical (unpaired) electrons. The van der Waals surface area contributed by atoms with Gasteiger partial charge in [0.15, 0.2) is 0 Å². The van der Waals surface area contributed by atoms with Crippen LogP contribution >= 0.6 is 11.6 Å². The predicted octanol–water partition coefficient (Wildman–Crippen LogP) is 3.68. The summed E-state index contributed by atoms with van der Waals surface area (Å²) in [4.78, 5) is 0. The van der Waals surface area contributed by atoms with Crippen molar-refractivity contribution in [1.29, 1.82) is 0 Å². The fourth-order valence-corrected chi connectivity index (χ4v) is 2.28. The highest BCUT2D eigenvalue weighted by Crippen LogP contribution is 2.18. The molecule has 1 unspecified atom stereocenters. The van der Waals surface area contributed by atoms with E-state index in [0.717, 1.165) is 44.0 Å². The third-order valence-electron chi connectivity index (χ3n) is 2.96. The molecular formula is C15H24ClNO. The standard InChI is InChI=1S/C15H24ClNO/c1-3-17-14(9-7-11-18-4-2)12-13-8-5-6-10-15(13)16/h5-6,8,10,14,17H,3-4,7,9,11-12H2,1-2H3. The van der Waals surface area contributed by atoms with Gasteiger partial charge in [0.25, 0.3) is 0 Å². The van der Waals surface area contributed by atoms with E-state index < -0.39 is 0 Å². The molecule has 0 aliphatic rings. The minimum Gasteiger partial charge on any atom is -0.382 e. The van der Waals surface area contributed by atoms with E-state index in [1.807, 2.05) is 25.1 Å². The summed E-state index contributed by atoms with van der Waals surface area (Å²) in [5.41, 5.74) is 1.22. The van der Waals surface area contributed by atoms with Crippen molar-refractivity contribution < 1.29 is 4.74 Å². The second kappa shape index (κ2) is 9.37. The summed E-state index contributed by atoms with van der Waals surface area (Å²) in [5, 5.41) is 4.39. The number of halogens is 1. The van der Waals surface area contributed by atoms with Gasteiger partial charge in [0.1, 0.15) is 0 Å². The van der Waals surface area contributed by atoms with Gasteiger partial charge in [-0.15, -0.1) is 0 Å². The largest absolute Gasteiger partial charge is 0.382 e. The Balaban J connectivity index is 2.44. The number of likely N-dealkylation sites (N-methyl/N-ethyl adjacent to an activating group) is 1. The lowest BCUT2D eigenvalue weighted by Gasteiger charge is -2.18. The van der Waals surface area contributed by atoms with Crippen LogP contribution in [0.3, 0.4) is 0 Å². The van der Waals surface area contributed by atoms with E-state index in [9.17, 15) is 0 Å². The minimum atomic E-state index is 0.482. The van der Waals surface area contributed by atoms with Crippen LogP contribution in [0.1, 0.15) is 32.3 Å². The highest BCUT2D eigenvalue weighted by Gasteiger charge is 2.10. The average molecular weight is 270 g/mol. The Hall–Kier alpha value is -0.570. The molecule has 0 saturated carbocycles. The molecule has 1 aromatic rings. The number of ether oxygens (including phenoxy) is 1. The molecule has 2 nitrogen and oxygen atoms in total. The number of hydrogen-bond acceptors (Lipinski definition) is 2. The maximum absolute atomic E-state index is 6.20. The zero-order valence-corrected chi connectivity index (χ0v) is 12.2. The van der Waals surface area contributed by atoms with Crippen molar-refractivity contribution in [3.05, 3.63) is 34.9 Å². The van der Waals surface area contributed by atoms with E-state index in [1.165, 1.54) is 5.56 Å². The molecule has 0 aliphatic heterocycles. The fraction of sp³-hybridized carbons (Fsp3) is 0.600. The Morgan fingerprint density at radius 3 is 2.72 bits per heavy atom. The second-order valence-corrected chi connectivity index (χ2v) is 4.80. The van der Waals surface area contributed by atoms with E-state index in [-0.39, 0.29) is 0 Å². The zero-order chi connectivity index (χ0) is 13.2. The highest BCUT2D eigenvalue weighted by atomic mass is 35.5. The Kier molecular flexibility index (Phi) is 8.06. The first-order valence-corrected chi connectivity index (χ1v) is 7.20. The first-order chi connectivity index (χ1) is 8.77. The first-order valence-electron chi connectivity index (χ1n) is 6.82. The number of benzene rings is 1. The average Bonchev–Trinajstić information content (AvgIpc) is 2.37. The van der Waals surface area contributed by atoms with Gasteiger partial charge in [0, 0.05) is 24.3 Å². The van der Waals surface area contributed by atoms with Gasteiger partial charge >= 0.3 is 0 Å². The van der Waals surface area contributed by atoms with Crippen molar-refractivity contribution >= 4 is 11.6 Å². The van der Waals surface area contributed by atoms with E-state index in [1.54, 1.807) is 0 Å². The molecule has 18 heavy (non-hydrogen) atoms. The lowest BCUT2D eigenvalue weighted by molar-refractivity contribution is 0.141. The summed E-state index contributed by atoms with van der Waals surface area (Å²) in [7, 11) is 0. The van der Waals surface area contributed by atoms with Gasteiger partial charge in [-0.3, -0.25) is 0 Å². The molecule has 3 heteroatoms. The molecule has 0 saturated heterocycles. The van der Waals surface area contributed by atoms with Crippen molar-refractivity contribution in [1.82, 2.24) is 5.32 Å². The van der Waals surface area contributed by atoms with E-state index in [0.29, 0.717) is 6.04 Å². The molecule has 1 rings (SSSR count). The predicted molar refractivity (Wildman–Crippen MR) is 78.3 cm³/mol. The molecule has 102 valence electrons. The summed E-state index contributed by atoms with van der Waals surface area (Å²) < 4.78 is 5.38. The molecule has 0 aliphatic carbocycles. The van der Waals surface area contributed by atoms with Crippen LogP contribution in [0.25, 0.3) is 0 Å². The molecule has 1 aromatic carbocycles. The number of nitrogens with one attached hydrogen (secondary N) is 1. The summed E-state index contributed by atoms with van der Waals surface area (Å²) in [6.45, 7) is 6.81. The van der Waals surface area contributed by atoms with Crippen LogP contribution in [0.15, 0.2) is 24.3 Å². The molecule has 0 bridgehead atoms. The molecule has 0 aromatic heterocycles. The third kappa shape index (κ3) is 5.85. The number of hydrogen-bond donors (Lipinski definition) is 1. The Labute approximate surface area is 116 Å². The Morgan fingerprint density at radius 2 is 2.06 bits per heavy atom. The van der Waals surface area contributed by atoms with Crippen molar-refractivity contribution in [3.63, 3.8) is 0 Å². The Bertz CT molecular complexity index is 330. The van der Waals surface area contributed by atoms with Crippen LogP contribution in [-0.4, -0.2) is 25.8 Å². The van der Waals surface area contributed by atoms with Gasteiger partial charge in [0.2, 0.25) is 0 Å². The quantitative estimate of drug-likeness (QED) is 0.691. The van der Waals surface area contributed by atoms with Gasteiger partial charge < -0.3 is 10.1 Å². The van der Waals surface area contributed by atoms with Crippen LogP contribution in [0.2, 0.25) is 5.02 Å².